The number of aromatic nitrogens is 2. The molecular weight excluding hydrogens is 521 g/mol. The Kier molecular flexibility index (Phi) is 6.97. The second kappa shape index (κ2) is 10.3. The molecule has 1 aromatic carbocycles. The number of alkyl halides is 3. The van der Waals surface area contributed by atoms with E-state index in [0.29, 0.717) is 29.5 Å². The molecule has 0 bridgehead atoms. The highest BCUT2D eigenvalue weighted by Gasteiger charge is 2.46. The van der Waals surface area contributed by atoms with Gasteiger partial charge in [-0.2, -0.15) is 5.10 Å². The first kappa shape index (κ1) is 25.8. The maximum atomic E-state index is 13.1. The van der Waals surface area contributed by atoms with Gasteiger partial charge in [-0.1, -0.05) is 11.6 Å². The van der Waals surface area contributed by atoms with Crippen molar-refractivity contribution < 1.29 is 22.6 Å². The summed E-state index contributed by atoms with van der Waals surface area (Å²) >= 11 is 6.49. The molecule has 0 spiro atoms. The lowest BCUT2D eigenvalue weighted by molar-refractivity contribution is -0.274. The molecule has 1 N–H and O–H groups in total. The molecule has 2 aromatic rings. The summed E-state index contributed by atoms with van der Waals surface area (Å²) < 4.78 is 48.8. The zero-order valence-corrected chi connectivity index (χ0v) is 21.8. The first-order valence-corrected chi connectivity index (χ1v) is 13.9. The summed E-state index contributed by atoms with van der Waals surface area (Å²) in [5.74, 6) is 1.61. The summed E-state index contributed by atoms with van der Waals surface area (Å²) in [7, 11) is 0. The number of nitrogens with one attached hydrogen (secondary N) is 1. The number of rotatable bonds is 8. The van der Waals surface area contributed by atoms with E-state index in [4.69, 9.17) is 16.3 Å². The van der Waals surface area contributed by atoms with E-state index in [9.17, 15) is 18.0 Å². The van der Waals surface area contributed by atoms with E-state index in [1.807, 2.05) is 0 Å². The monoisotopic (exact) mass is 552 g/mol. The highest BCUT2D eigenvalue weighted by molar-refractivity contribution is 6.32. The average Bonchev–Trinajstić information content (AvgIpc) is 3.81. The molecule has 7 nitrogen and oxygen atoms in total. The predicted octanol–water partition coefficient (Wildman–Crippen LogP) is 5.64. The molecule has 1 saturated heterocycles. The summed E-state index contributed by atoms with van der Waals surface area (Å²) in [5.41, 5.74) is 1.20. The van der Waals surface area contributed by atoms with Crippen LogP contribution in [0.15, 0.2) is 35.3 Å². The quantitative estimate of drug-likeness (QED) is 0.457. The topological polar surface area (TPSA) is 68.6 Å². The van der Waals surface area contributed by atoms with Crippen LogP contribution in [-0.4, -0.2) is 48.0 Å². The normalized spacial score (nSPS) is 28.9. The summed E-state index contributed by atoms with van der Waals surface area (Å²) in [6.07, 6.45) is 3.59. The summed E-state index contributed by atoms with van der Waals surface area (Å²) in [6, 6.07) is 6.76. The van der Waals surface area contributed by atoms with Gasteiger partial charge < -0.3 is 19.7 Å². The minimum absolute atomic E-state index is 0.0344. The predicted molar refractivity (Wildman–Crippen MR) is 138 cm³/mol. The van der Waals surface area contributed by atoms with Crippen molar-refractivity contribution >= 4 is 23.0 Å². The van der Waals surface area contributed by atoms with Crippen molar-refractivity contribution in [1.82, 2.24) is 9.78 Å². The van der Waals surface area contributed by atoms with Gasteiger partial charge >= 0.3 is 6.36 Å². The molecule has 3 atom stereocenters. The van der Waals surface area contributed by atoms with Crippen LogP contribution in [-0.2, 0) is 4.74 Å². The van der Waals surface area contributed by atoms with Gasteiger partial charge in [0.1, 0.15) is 10.8 Å². The number of nitrogens with zero attached hydrogens (tertiary/aromatic N) is 3. The van der Waals surface area contributed by atoms with E-state index in [1.54, 1.807) is 18.3 Å². The molecule has 4 aliphatic rings. The van der Waals surface area contributed by atoms with Crippen LogP contribution in [0.2, 0.25) is 5.02 Å². The third kappa shape index (κ3) is 5.61. The molecule has 1 aliphatic heterocycles. The van der Waals surface area contributed by atoms with Crippen LogP contribution in [0.4, 0.5) is 24.5 Å². The van der Waals surface area contributed by atoms with Crippen LogP contribution in [0.25, 0.3) is 0 Å². The van der Waals surface area contributed by atoms with Crippen LogP contribution in [0.5, 0.6) is 5.75 Å². The first-order chi connectivity index (χ1) is 18.3. The molecule has 1 aromatic heterocycles. The van der Waals surface area contributed by atoms with E-state index in [0.717, 1.165) is 64.0 Å². The highest BCUT2D eigenvalue weighted by atomic mass is 35.5. The second-order valence-electron chi connectivity index (χ2n) is 11.1. The molecule has 206 valence electrons. The Morgan fingerprint density at radius 3 is 2.42 bits per heavy atom. The number of benzene rings is 1. The lowest BCUT2D eigenvalue weighted by Crippen LogP contribution is -2.41. The minimum atomic E-state index is -4.70. The molecule has 2 heterocycles. The van der Waals surface area contributed by atoms with Gasteiger partial charge in [0, 0.05) is 36.8 Å². The Labute approximate surface area is 224 Å². The smallest absolute Gasteiger partial charge is 0.406 e. The van der Waals surface area contributed by atoms with Crippen LogP contribution >= 0.6 is 11.6 Å². The lowest BCUT2D eigenvalue weighted by atomic mass is 9.89. The van der Waals surface area contributed by atoms with Crippen LogP contribution in [0.1, 0.15) is 51.0 Å². The average molecular weight is 553 g/mol. The summed E-state index contributed by atoms with van der Waals surface area (Å²) in [5, 5.41) is 7.97. The molecule has 4 fully saturated rings. The van der Waals surface area contributed by atoms with Gasteiger partial charge in [0.15, 0.2) is 0 Å². The fraction of sp³-hybridized carbons (Fsp3) is 0.630. The third-order valence-corrected chi connectivity index (χ3v) is 8.82. The van der Waals surface area contributed by atoms with Gasteiger partial charge in [0.2, 0.25) is 0 Å². The molecule has 3 saturated carbocycles. The number of hydrogen-bond acceptors (Lipinski definition) is 6. The first-order valence-electron chi connectivity index (χ1n) is 13.5. The standard InChI is InChI=1S/C27H32ClF3N4O3/c28-25-24(32-12-17-15-37-14-16-11-23(16)17)13-33-35(26(25)36)21-5-3-19(4-6-21)34(18-1-2-18)20-7-9-22(10-8-20)38-27(29,30)31/h7-10,13,16-19,21,23,32H,1-6,11-12,14-15H2/t16?,17-,19-,21-,23+/m0/s1. The minimum Gasteiger partial charge on any atom is -0.406 e. The van der Waals surface area contributed by atoms with Crippen molar-refractivity contribution in [1.29, 1.82) is 0 Å². The number of halogens is 4. The lowest BCUT2D eigenvalue weighted by Gasteiger charge is -2.39. The molecule has 38 heavy (non-hydrogen) atoms. The van der Waals surface area contributed by atoms with E-state index in [1.165, 1.54) is 23.2 Å². The SMILES string of the molecule is O=c1c(Cl)c(NC[C@H]2COCC3C[C@H]32)cnn1[C@H]1CC[C@H](N(c2ccc(OC(F)(F)F)cc2)C2CC2)CC1. The maximum absolute atomic E-state index is 13.1. The Bertz CT molecular complexity index is 1200. The Hall–Kier alpha value is -2.46. The molecule has 0 radical (unpaired) electrons. The van der Waals surface area contributed by atoms with Crippen LogP contribution in [0, 0.1) is 17.8 Å². The maximum Gasteiger partial charge on any atom is 0.573 e. The van der Waals surface area contributed by atoms with Crippen molar-refractivity contribution in [2.24, 2.45) is 17.8 Å². The molecule has 11 heteroatoms. The summed E-state index contributed by atoms with van der Waals surface area (Å²) in [4.78, 5) is 15.4. The van der Waals surface area contributed by atoms with Gasteiger partial charge in [-0.05, 0) is 81.0 Å². The molecule has 1 unspecified atom stereocenters. The fourth-order valence-electron chi connectivity index (χ4n) is 6.29. The number of fused-ring (bicyclic) bond motifs is 1. The molecule has 0 amide bonds. The van der Waals surface area contributed by atoms with Gasteiger partial charge in [-0.15, -0.1) is 13.2 Å². The van der Waals surface area contributed by atoms with E-state index in [2.05, 4.69) is 20.1 Å². The van der Waals surface area contributed by atoms with Gasteiger partial charge in [0.25, 0.3) is 5.56 Å². The van der Waals surface area contributed by atoms with Crippen molar-refractivity contribution in [2.45, 2.75) is 69.4 Å². The van der Waals surface area contributed by atoms with Crippen molar-refractivity contribution in [3.8, 4) is 5.75 Å². The number of ether oxygens (including phenoxy) is 2. The van der Waals surface area contributed by atoms with E-state index >= 15 is 0 Å². The van der Waals surface area contributed by atoms with Gasteiger partial charge in [0.05, 0.1) is 24.5 Å². The van der Waals surface area contributed by atoms with Crippen LogP contribution < -0.4 is 20.5 Å². The summed E-state index contributed by atoms with van der Waals surface area (Å²) in [6.45, 7) is 2.32. The molecule has 6 rings (SSSR count). The van der Waals surface area contributed by atoms with Gasteiger partial charge in [-0.25, -0.2) is 4.68 Å². The van der Waals surface area contributed by atoms with Gasteiger partial charge in [-0.3, -0.25) is 4.79 Å². The van der Waals surface area contributed by atoms with Crippen molar-refractivity contribution in [3.05, 3.63) is 45.8 Å². The second-order valence-corrected chi connectivity index (χ2v) is 11.5. The largest absolute Gasteiger partial charge is 0.573 e. The third-order valence-electron chi connectivity index (χ3n) is 8.46. The zero-order valence-electron chi connectivity index (χ0n) is 21.0. The Morgan fingerprint density at radius 1 is 1.08 bits per heavy atom. The highest BCUT2D eigenvalue weighted by Crippen LogP contribution is 2.47. The Morgan fingerprint density at radius 2 is 1.76 bits per heavy atom. The van der Waals surface area contributed by atoms with Crippen molar-refractivity contribution in [3.63, 3.8) is 0 Å². The fourth-order valence-corrected chi connectivity index (χ4v) is 6.49. The van der Waals surface area contributed by atoms with Crippen molar-refractivity contribution in [2.75, 3.05) is 30.0 Å². The van der Waals surface area contributed by atoms with E-state index in [-0.39, 0.29) is 28.4 Å². The van der Waals surface area contributed by atoms with E-state index < -0.39 is 6.36 Å². The van der Waals surface area contributed by atoms with Crippen LogP contribution in [0.3, 0.4) is 0 Å². The molecule has 3 aliphatic carbocycles. The Balaban J connectivity index is 1.08. The molecular formula is C27H32ClF3N4O3. The zero-order chi connectivity index (χ0) is 26.4. The number of hydrogen-bond donors (Lipinski definition) is 1. The number of anilines is 2.